The largest absolute Gasteiger partial charge is 0.256 e. The molecule has 3 aromatic rings. The molecule has 0 atom stereocenters. The van der Waals surface area contributed by atoms with Crippen molar-refractivity contribution in [2.24, 2.45) is 0 Å². The molecule has 3 rings (SSSR count). The zero-order chi connectivity index (χ0) is 12.4. The molecule has 0 aliphatic heterocycles. The molecule has 0 radical (unpaired) electrons. The summed E-state index contributed by atoms with van der Waals surface area (Å²) in [6.07, 6.45) is 3.26. The highest BCUT2D eigenvalue weighted by Crippen LogP contribution is 2.30. The third-order valence-electron chi connectivity index (χ3n) is 2.29. The van der Waals surface area contributed by atoms with Crippen molar-refractivity contribution in [3.8, 4) is 0 Å². The van der Waals surface area contributed by atoms with Crippen LogP contribution in [0.15, 0.2) is 41.0 Å². The first-order chi connectivity index (χ1) is 8.81. The molecule has 2 aromatic heterocycles. The number of benzene rings is 1. The Kier molecular flexibility index (Phi) is 3.45. The van der Waals surface area contributed by atoms with Crippen molar-refractivity contribution in [2.45, 2.75) is 10.1 Å². The van der Waals surface area contributed by atoms with Gasteiger partial charge in [0.25, 0.3) is 0 Å². The maximum Gasteiger partial charge on any atom is 0.151 e. The summed E-state index contributed by atoms with van der Waals surface area (Å²) in [5, 5.41) is 0.420. The lowest BCUT2D eigenvalue weighted by molar-refractivity contribution is 1.10. The van der Waals surface area contributed by atoms with E-state index < -0.39 is 0 Å². The summed E-state index contributed by atoms with van der Waals surface area (Å²) in [5.41, 5.74) is 1.95. The number of aromatic nitrogens is 3. The van der Waals surface area contributed by atoms with Crippen LogP contribution in [0.25, 0.3) is 10.2 Å². The zero-order valence-electron chi connectivity index (χ0n) is 9.21. The van der Waals surface area contributed by atoms with Crippen LogP contribution in [-0.2, 0) is 5.75 Å². The third kappa shape index (κ3) is 2.63. The van der Waals surface area contributed by atoms with E-state index in [0.717, 1.165) is 21.3 Å². The number of hydrogen-bond donors (Lipinski definition) is 0. The fourth-order valence-corrected chi connectivity index (χ4v) is 3.52. The molecule has 6 heteroatoms. The molecular weight excluding hydrogens is 286 g/mol. The Labute approximate surface area is 117 Å². The first-order valence-corrected chi connectivity index (χ1v) is 7.44. The van der Waals surface area contributed by atoms with Gasteiger partial charge in [-0.3, -0.25) is 4.98 Å². The maximum absolute atomic E-state index is 5.69. The van der Waals surface area contributed by atoms with Crippen molar-refractivity contribution in [1.82, 2.24) is 15.0 Å². The van der Waals surface area contributed by atoms with Crippen LogP contribution >= 0.6 is 34.7 Å². The van der Waals surface area contributed by atoms with Crippen molar-refractivity contribution in [2.75, 3.05) is 0 Å². The monoisotopic (exact) mass is 293 g/mol. The number of nitrogens with zero attached hydrogens (tertiary/aromatic N) is 3. The predicted octanol–water partition coefficient (Wildman–Crippen LogP) is 4.03. The highest BCUT2D eigenvalue weighted by molar-refractivity contribution is 8.00. The minimum absolute atomic E-state index is 0.420. The van der Waals surface area contributed by atoms with Crippen molar-refractivity contribution >= 4 is 44.9 Å². The van der Waals surface area contributed by atoms with E-state index >= 15 is 0 Å². The number of thiazole rings is 1. The quantitative estimate of drug-likeness (QED) is 0.683. The first kappa shape index (κ1) is 11.9. The van der Waals surface area contributed by atoms with Crippen LogP contribution in [0.5, 0.6) is 0 Å². The fraction of sp³-hybridized carbons (Fsp3) is 0.0833. The van der Waals surface area contributed by atoms with Crippen LogP contribution < -0.4 is 0 Å². The maximum atomic E-state index is 5.69. The molecule has 0 amide bonds. The van der Waals surface area contributed by atoms with Gasteiger partial charge >= 0.3 is 0 Å². The summed E-state index contributed by atoms with van der Waals surface area (Å²) in [4.78, 5) is 12.8. The molecule has 0 aliphatic rings. The number of thioether (sulfide) groups is 1. The molecule has 18 heavy (non-hydrogen) atoms. The van der Waals surface area contributed by atoms with Gasteiger partial charge in [-0.1, -0.05) is 35.5 Å². The van der Waals surface area contributed by atoms with Gasteiger partial charge < -0.3 is 0 Å². The second kappa shape index (κ2) is 5.22. The lowest BCUT2D eigenvalue weighted by Crippen LogP contribution is -1.88. The summed E-state index contributed by atoms with van der Waals surface area (Å²) in [7, 11) is 0. The van der Waals surface area contributed by atoms with E-state index in [0.29, 0.717) is 5.15 Å². The van der Waals surface area contributed by atoms with Gasteiger partial charge in [0.1, 0.15) is 5.15 Å². The second-order valence-corrected chi connectivity index (χ2v) is 6.21. The zero-order valence-corrected chi connectivity index (χ0v) is 11.6. The standard InChI is InChI=1S/C12H8ClN3S2/c13-11-6-14-8(5-15-11)7-17-12-16-9-3-1-2-4-10(9)18-12/h1-6H,7H2. The van der Waals surface area contributed by atoms with Crippen LogP contribution in [0, 0.1) is 0 Å². The summed E-state index contributed by atoms with van der Waals surface area (Å²) in [6, 6.07) is 8.14. The smallest absolute Gasteiger partial charge is 0.151 e. The van der Waals surface area contributed by atoms with Crippen LogP contribution in [0.2, 0.25) is 5.15 Å². The molecule has 0 unspecified atom stereocenters. The highest BCUT2D eigenvalue weighted by Gasteiger charge is 2.04. The Balaban J connectivity index is 1.74. The molecule has 0 fully saturated rings. The van der Waals surface area contributed by atoms with Crippen molar-refractivity contribution in [3.63, 3.8) is 0 Å². The molecule has 1 aromatic carbocycles. The molecule has 0 saturated carbocycles. The number of para-hydroxylation sites is 1. The highest BCUT2D eigenvalue weighted by atomic mass is 35.5. The average molecular weight is 294 g/mol. The van der Waals surface area contributed by atoms with Crippen LogP contribution in [0.3, 0.4) is 0 Å². The first-order valence-electron chi connectivity index (χ1n) is 5.26. The van der Waals surface area contributed by atoms with Crippen molar-refractivity contribution in [3.05, 3.63) is 47.5 Å². The van der Waals surface area contributed by atoms with Gasteiger partial charge in [0.2, 0.25) is 0 Å². The van der Waals surface area contributed by atoms with E-state index in [1.165, 1.54) is 4.70 Å². The van der Waals surface area contributed by atoms with E-state index in [1.807, 2.05) is 18.2 Å². The Bertz CT molecular complexity index is 633. The van der Waals surface area contributed by atoms with Gasteiger partial charge in [-0.15, -0.1) is 11.3 Å². The molecule has 90 valence electrons. The van der Waals surface area contributed by atoms with E-state index in [4.69, 9.17) is 11.6 Å². The summed E-state index contributed by atoms with van der Waals surface area (Å²) >= 11 is 9.06. The normalized spacial score (nSPS) is 10.9. The second-order valence-electron chi connectivity index (χ2n) is 3.57. The van der Waals surface area contributed by atoms with E-state index in [-0.39, 0.29) is 0 Å². The molecule has 0 spiro atoms. The summed E-state index contributed by atoms with van der Waals surface area (Å²) < 4.78 is 2.26. The molecule has 2 heterocycles. The van der Waals surface area contributed by atoms with E-state index in [9.17, 15) is 0 Å². The third-order valence-corrected chi connectivity index (χ3v) is 4.70. The van der Waals surface area contributed by atoms with Gasteiger partial charge in [0.15, 0.2) is 4.34 Å². The Morgan fingerprint density at radius 2 is 2.06 bits per heavy atom. The van der Waals surface area contributed by atoms with E-state index in [2.05, 4.69) is 21.0 Å². The van der Waals surface area contributed by atoms with Crippen molar-refractivity contribution < 1.29 is 0 Å². The molecule has 3 nitrogen and oxygen atoms in total. The molecule has 0 saturated heterocycles. The lowest BCUT2D eigenvalue weighted by atomic mass is 10.3. The molecule has 0 aliphatic carbocycles. The topological polar surface area (TPSA) is 38.7 Å². The molecule has 0 N–H and O–H groups in total. The van der Waals surface area contributed by atoms with Crippen molar-refractivity contribution in [1.29, 1.82) is 0 Å². The SMILES string of the molecule is Clc1cnc(CSc2nc3ccccc3s2)cn1. The number of hydrogen-bond acceptors (Lipinski definition) is 5. The van der Waals surface area contributed by atoms with Crippen LogP contribution in [0.1, 0.15) is 5.69 Å². The van der Waals surface area contributed by atoms with Crippen LogP contribution in [-0.4, -0.2) is 15.0 Å². The Hall–Kier alpha value is -1.17. The van der Waals surface area contributed by atoms with Gasteiger partial charge in [0.05, 0.1) is 28.3 Å². The minimum atomic E-state index is 0.420. The Morgan fingerprint density at radius 3 is 2.83 bits per heavy atom. The van der Waals surface area contributed by atoms with Gasteiger partial charge in [-0.25, -0.2) is 9.97 Å². The number of halogens is 1. The molecule has 0 bridgehead atoms. The molecular formula is C12H8ClN3S2. The predicted molar refractivity (Wildman–Crippen MR) is 76.2 cm³/mol. The van der Waals surface area contributed by atoms with Gasteiger partial charge in [-0.05, 0) is 12.1 Å². The lowest BCUT2D eigenvalue weighted by Gasteiger charge is -1.96. The van der Waals surface area contributed by atoms with Gasteiger partial charge in [-0.2, -0.15) is 0 Å². The average Bonchev–Trinajstić information content (AvgIpc) is 2.81. The number of rotatable bonds is 3. The summed E-state index contributed by atoms with van der Waals surface area (Å²) in [6.45, 7) is 0. The van der Waals surface area contributed by atoms with E-state index in [1.54, 1.807) is 35.5 Å². The summed E-state index contributed by atoms with van der Waals surface area (Å²) in [5.74, 6) is 0.754. The van der Waals surface area contributed by atoms with Gasteiger partial charge in [0, 0.05) is 5.75 Å². The van der Waals surface area contributed by atoms with Crippen LogP contribution in [0.4, 0.5) is 0 Å². The number of fused-ring (bicyclic) bond motifs is 1. The fourth-order valence-electron chi connectivity index (χ4n) is 1.46. The Morgan fingerprint density at radius 1 is 1.17 bits per heavy atom. The minimum Gasteiger partial charge on any atom is -0.256 e.